The van der Waals surface area contributed by atoms with Gasteiger partial charge in [-0.1, -0.05) is 6.07 Å². The zero-order chi connectivity index (χ0) is 11.0. The molecule has 0 bridgehead atoms. The first-order valence-corrected chi connectivity index (χ1v) is 5.96. The summed E-state index contributed by atoms with van der Waals surface area (Å²) in [5, 5.41) is 3.41. The number of aromatic nitrogens is 2. The molecular weight excluding hydrogens is 198 g/mol. The predicted octanol–water partition coefficient (Wildman–Crippen LogP) is 2.04. The van der Waals surface area contributed by atoms with E-state index < -0.39 is 0 Å². The smallest absolute Gasteiger partial charge is 0.0955 e. The lowest BCUT2D eigenvalue weighted by Gasteiger charge is -2.22. The van der Waals surface area contributed by atoms with Crippen molar-refractivity contribution in [1.29, 1.82) is 0 Å². The van der Waals surface area contributed by atoms with Crippen LogP contribution in [-0.4, -0.2) is 22.6 Å². The molecule has 3 nitrogen and oxygen atoms in total. The minimum absolute atomic E-state index is 0.715. The highest BCUT2D eigenvalue weighted by atomic mass is 15.0. The van der Waals surface area contributed by atoms with Crippen molar-refractivity contribution in [1.82, 2.24) is 14.9 Å². The van der Waals surface area contributed by atoms with E-state index in [9.17, 15) is 0 Å². The Morgan fingerprint density at radius 2 is 2.12 bits per heavy atom. The molecule has 84 valence electrons. The first-order chi connectivity index (χ1) is 7.84. The van der Waals surface area contributed by atoms with Crippen LogP contribution in [0.5, 0.6) is 0 Å². The second-order valence-electron chi connectivity index (χ2n) is 4.63. The number of rotatable bonds is 1. The fourth-order valence-electron chi connectivity index (χ4n) is 2.56. The largest absolute Gasteiger partial charge is 0.334 e. The van der Waals surface area contributed by atoms with Crippen molar-refractivity contribution in [2.75, 3.05) is 13.1 Å². The SMILES string of the molecule is Cn1cnc2cc(C3CCNCC3)ccc21. The van der Waals surface area contributed by atoms with Gasteiger partial charge in [-0.15, -0.1) is 0 Å². The maximum atomic E-state index is 4.42. The van der Waals surface area contributed by atoms with Gasteiger partial charge in [-0.05, 0) is 49.5 Å². The van der Waals surface area contributed by atoms with Crippen LogP contribution >= 0.6 is 0 Å². The van der Waals surface area contributed by atoms with Gasteiger partial charge in [-0.2, -0.15) is 0 Å². The third-order valence-corrected chi connectivity index (χ3v) is 3.56. The zero-order valence-electron chi connectivity index (χ0n) is 9.61. The number of hydrogen-bond acceptors (Lipinski definition) is 2. The van der Waals surface area contributed by atoms with Crippen LogP contribution in [0.1, 0.15) is 24.3 Å². The van der Waals surface area contributed by atoms with Gasteiger partial charge in [0.15, 0.2) is 0 Å². The van der Waals surface area contributed by atoms with Crippen LogP contribution in [0.4, 0.5) is 0 Å². The molecule has 0 aliphatic carbocycles. The van der Waals surface area contributed by atoms with Crippen LogP contribution in [0.15, 0.2) is 24.5 Å². The maximum absolute atomic E-state index is 4.42. The Kier molecular flexibility index (Phi) is 2.40. The molecule has 0 radical (unpaired) electrons. The Morgan fingerprint density at radius 3 is 2.94 bits per heavy atom. The summed E-state index contributed by atoms with van der Waals surface area (Å²) in [5.41, 5.74) is 3.80. The van der Waals surface area contributed by atoms with Crippen LogP contribution in [-0.2, 0) is 7.05 Å². The van der Waals surface area contributed by atoms with Crippen LogP contribution in [0, 0.1) is 0 Å². The first kappa shape index (κ1) is 9.85. The summed E-state index contributed by atoms with van der Waals surface area (Å²) in [7, 11) is 2.04. The molecule has 0 unspecified atom stereocenters. The van der Waals surface area contributed by atoms with Gasteiger partial charge in [0.25, 0.3) is 0 Å². The molecule has 1 N–H and O–H groups in total. The van der Waals surface area contributed by atoms with Crippen LogP contribution < -0.4 is 5.32 Å². The number of hydrogen-bond donors (Lipinski definition) is 1. The predicted molar refractivity (Wildman–Crippen MR) is 65.6 cm³/mol. The van der Waals surface area contributed by atoms with Crippen LogP contribution in [0.2, 0.25) is 0 Å². The Morgan fingerprint density at radius 1 is 1.31 bits per heavy atom. The fourth-order valence-corrected chi connectivity index (χ4v) is 2.56. The molecule has 3 heteroatoms. The molecule has 0 saturated carbocycles. The van der Waals surface area contributed by atoms with E-state index in [1.807, 2.05) is 13.4 Å². The van der Waals surface area contributed by atoms with Gasteiger partial charge in [-0.3, -0.25) is 0 Å². The number of benzene rings is 1. The van der Waals surface area contributed by atoms with E-state index in [4.69, 9.17) is 0 Å². The van der Waals surface area contributed by atoms with Gasteiger partial charge in [0.2, 0.25) is 0 Å². The minimum Gasteiger partial charge on any atom is -0.334 e. The highest BCUT2D eigenvalue weighted by molar-refractivity contribution is 5.76. The summed E-state index contributed by atoms with van der Waals surface area (Å²) < 4.78 is 2.07. The van der Waals surface area contributed by atoms with E-state index in [-0.39, 0.29) is 0 Å². The van der Waals surface area contributed by atoms with E-state index in [0.717, 1.165) is 18.6 Å². The highest BCUT2D eigenvalue weighted by Gasteiger charge is 2.15. The first-order valence-electron chi connectivity index (χ1n) is 5.96. The Balaban J connectivity index is 1.97. The number of imidazole rings is 1. The Hall–Kier alpha value is -1.35. The third kappa shape index (κ3) is 1.61. The summed E-state index contributed by atoms with van der Waals surface area (Å²) in [6, 6.07) is 6.71. The molecule has 2 heterocycles. The van der Waals surface area contributed by atoms with Crippen molar-refractivity contribution in [2.24, 2.45) is 7.05 Å². The summed E-state index contributed by atoms with van der Waals surface area (Å²) >= 11 is 0. The third-order valence-electron chi connectivity index (χ3n) is 3.56. The van der Waals surface area contributed by atoms with Crippen molar-refractivity contribution in [3.63, 3.8) is 0 Å². The molecular formula is C13H17N3. The molecule has 16 heavy (non-hydrogen) atoms. The van der Waals surface area contributed by atoms with E-state index in [2.05, 4.69) is 33.1 Å². The molecule has 1 aromatic heterocycles. The van der Waals surface area contributed by atoms with Crippen molar-refractivity contribution >= 4 is 11.0 Å². The average molecular weight is 215 g/mol. The van der Waals surface area contributed by atoms with Crippen molar-refractivity contribution < 1.29 is 0 Å². The zero-order valence-corrected chi connectivity index (χ0v) is 9.61. The average Bonchev–Trinajstić information content (AvgIpc) is 2.72. The van der Waals surface area contributed by atoms with Gasteiger partial charge in [0, 0.05) is 7.05 Å². The van der Waals surface area contributed by atoms with Gasteiger partial charge in [0.05, 0.1) is 17.4 Å². The summed E-state index contributed by atoms with van der Waals surface area (Å²) in [6.07, 6.45) is 4.38. The van der Waals surface area contributed by atoms with Gasteiger partial charge < -0.3 is 9.88 Å². The number of nitrogens with one attached hydrogen (secondary N) is 1. The molecule has 1 aliphatic heterocycles. The van der Waals surface area contributed by atoms with Crippen LogP contribution in [0.3, 0.4) is 0 Å². The molecule has 3 rings (SSSR count). The van der Waals surface area contributed by atoms with Gasteiger partial charge >= 0.3 is 0 Å². The van der Waals surface area contributed by atoms with Crippen molar-refractivity contribution in [3.05, 3.63) is 30.1 Å². The Bertz CT molecular complexity index is 495. The molecule has 1 aromatic carbocycles. The molecule has 0 amide bonds. The normalized spacial score (nSPS) is 18.1. The molecule has 1 saturated heterocycles. The molecule has 1 aliphatic rings. The quantitative estimate of drug-likeness (QED) is 0.789. The summed E-state index contributed by atoms with van der Waals surface area (Å²) in [5.74, 6) is 0.715. The molecule has 0 spiro atoms. The topological polar surface area (TPSA) is 29.9 Å². The molecule has 0 atom stereocenters. The number of nitrogens with zero attached hydrogens (tertiary/aromatic N) is 2. The van der Waals surface area contributed by atoms with Gasteiger partial charge in [0.1, 0.15) is 0 Å². The fraction of sp³-hybridized carbons (Fsp3) is 0.462. The lowest BCUT2D eigenvalue weighted by atomic mass is 9.90. The highest BCUT2D eigenvalue weighted by Crippen LogP contribution is 2.27. The van der Waals surface area contributed by atoms with E-state index in [1.165, 1.54) is 23.9 Å². The van der Waals surface area contributed by atoms with Crippen molar-refractivity contribution in [3.8, 4) is 0 Å². The minimum atomic E-state index is 0.715. The standard InChI is InChI=1S/C13H17N3/c1-16-9-15-12-8-11(2-3-13(12)16)10-4-6-14-7-5-10/h2-3,8-10,14H,4-7H2,1H3. The van der Waals surface area contributed by atoms with Gasteiger partial charge in [-0.25, -0.2) is 4.98 Å². The monoisotopic (exact) mass is 215 g/mol. The van der Waals surface area contributed by atoms with E-state index in [0.29, 0.717) is 5.92 Å². The van der Waals surface area contributed by atoms with E-state index in [1.54, 1.807) is 0 Å². The van der Waals surface area contributed by atoms with Crippen LogP contribution in [0.25, 0.3) is 11.0 Å². The second kappa shape index (κ2) is 3.91. The summed E-state index contributed by atoms with van der Waals surface area (Å²) in [4.78, 5) is 4.42. The van der Waals surface area contributed by atoms with E-state index >= 15 is 0 Å². The number of fused-ring (bicyclic) bond motifs is 1. The van der Waals surface area contributed by atoms with Crippen molar-refractivity contribution in [2.45, 2.75) is 18.8 Å². The summed E-state index contributed by atoms with van der Waals surface area (Å²) in [6.45, 7) is 2.29. The Labute approximate surface area is 95.5 Å². The molecule has 1 fully saturated rings. The lowest BCUT2D eigenvalue weighted by molar-refractivity contribution is 0.460. The lowest BCUT2D eigenvalue weighted by Crippen LogP contribution is -2.26. The number of aryl methyl sites for hydroxylation is 1. The second-order valence-corrected chi connectivity index (χ2v) is 4.63. The number of piperidine rings is 1. The maximum Gasteiger partial charge on any atom is 0.0955 e. The molecule has 2 aromatic rings.